The monoisotopic (exact) mass is 435 g/mol. The second-order valence-corrected chi connectivity index (χ2v) is 7.39. The van der Waals surface area contributed by atoms with Crippen LogP contribution >= 0.6 is 15.9 Å². The molecule has 0 aliphatic rings. The first-order chi connectivity index (χ1) is 12.9. The molecule has 1 atom stereocenters. The van der Waals surface area contributed by atoms with Gasteiger partial charge in [-0.15, -0.1) is 0 Å². The molecule has 6 heteroatoms. The lowest BCUT2D eigenvalue weighted by Gasteiger charge is -2.23. The zero-order chi connectivity index (χ0) is 20.0. The van der Waals surface area contributed by atoms with E-state index >= 15 is 0 Å². The van der Waals surface area contributed by atoms with Crippen LogP contribution in [0.25, 0.3) is 0 Å². The van der Waals surface area contributed by atoms with Gasteiger partial charge in [0.15, 0.2) is 11.5 Å². The molecule has 146 valence electrons. The van der Waals surface area contributed by atoms with Crippen molar-refractivity contribution in [2.75, 3.05) is 21.3 Å². The topological polar surface area (TPSA) is 56.8 Å². The molecule has 0 radical (unpaired) electrons. The lowest BCUT2D eigenvalue weighted by Crippen LogP contribution is -2.32. The van der Waals surface area contributed by atoms with Crippen molar-refractivity contribution in [3.05, 3.63) is 52.0 Å². The number of nitrogens with one attached hydrogen (secondary N) is 1. The number of hydrogen-bond donors (Lipinski definition) is 1. The Morgan fingerprint density at radius 1 is 1.00 bits per heavy atom. The molecule has 0 bridgehead atoms. The summed E-state index contributed by atoms with van der Waals surface area (Å²) in [6.07, 6.45) is 0.236. The molecule has 2 rings (SSSR count). The predicted octanol–water partition coefficient (Wildman–Crippen LogP) is 4.53. The molecule has 5 nitrogen and oxygen atoms in total. The zero-order valence-corrected chi connectivity index (χ0v) is 17.9. The van der Waals surface area contributed by atoms with Crippen molar-refractivity contribution in [2.24, 2.45) is 5.92 Å². The molecule has 1 N–H and O–H groups in total. The minimum Gasteiger partial charge on any atom is -0.497 e. The van der Waals surface area contributed by atoms with E-state index in [1.165, 1.54) is 0 Å². The summed E-state index contributed by atoms with van der Waals surface area (Å²) in [6, 6.07) is 11.3. The van der Waals surface area contributed by atoms with Gasteiger partial charge < -0.3 is 19.5 Å². The smallest absolute Gasteiger partial charge is 0.224 e. The maximum atomic E-state index is 12.7. The Morgan fingerprint density at radius 3 is 2.11 bits per heavy atom. The Labute approximate surface area is 169 Å². The van der Waals surface area contributed by atoms with Crippen molar-refractivity contribution < 1.29 is 19.0 Å². The molecule has 27 heavy (non-hydrogen) atoms. The minimum absolute atomic E-state index is 0.0579. The van der Waals surface area contributed by atoms with Crippen molar-refractivity contribution in [2.45, 2.75) is 26.3 Å². The van der Waals surface area contributed by atoms with Crippen LogP contribution in [0.3, 0.4) is 0 Å². The molecule has 0 aliphatic heterocycles. The number of ether oxygens (including phenoxy) is 3. The average Bonchev–Trinajstić information content (AvgIpc) is 2.67. The SMILES string of the molecule is COc1ccc([C@H](NC(=O)Cc2cc(OC)c(OC)cc2Br)C(C)C)cc1. The normalized spacial score (nSPS) is 11.8. The van der Waals surface area contributed by atoms with Crippen molar-refractivity contribution in [3.8, 4) is 17.2 Å². The van der Waals surface area contributed by atoms with Gasteiger partial charge in [0, 0.05) is 4.47 Å². The number of halogens is 1. The van der Waals surface area contributed by atoms with Crippen molar-refractivity contribution in [3.63, 3.8) is 0 Å². The first kappa shape index (κ1) is 21.1. The molecule has 0 spiro atoms. The molecule has 0 saturated carbocycles. The largest absolute Gasteiger partial charge is 0.497 e. The number of benzene rings is 2. The summed E-state index contributed by atoms with van der Waals surface area (Å²) < 4.78 is 16.6. The summed E-state index contributed by atoms with van der Waals surface area (Å²) in [5, 5.41) is 3.14. The van der Waals surface area contributed by atoms with Gasteiger partial charge >= 0.3 is 0 Å². The maximum absolute atomic E-state index is 12.7. The zero-order valence-electron chi connectivity index (χ0n) is 16.3. The van der Waals surface area contributed by atoms with Crippen LogP contribution in [0.4, 0.5) is 0 Å². The van der Waals surface area contributed by atoms with Crippen LogP contribution in [0.15, 0.2) is 40.9 Å². The second-order valence-electron chi connectivity index (χ2n) is 6.54. The van der Waals surface area contributed by atoms with E-state index in [4.69, 9.17) is 14.2 Å². The molecule has 0 aliphatic carbocycles. The van der Waals surface area contributed by atoms with Crippen LogP contribution in [-0.4, -0.2) is 27.2 Å². The van der Waals surface area contributed by atoms with E-state index in [1.54, 1.807) is 21.3 Å². The molecular formula is C21H26BrNO4. The van der Waals surface area contributed by atoms with Crippen LogP contribution in [-0.2, 0) is 11.2 Å². The third kappa shape index (κ3) is 5.39. The van der Waals surface area contributed by atoms with Gasteiger partial charge in [-0.3, -0.25) is 4.79 Å². The molecule has 2 aromatic carbocycles. The van der Waals surface area contributed by atoms with Gasteiger partial charge in [-0.2, -0.15) is 0 Å². The van der Waals surface area contributed by atoms with Crippen LogP contribution in [0.1, 0.15) is 31.0 Å². The van der Waals surface area contributed by atoms with Gasteiger partial charge in [0.05, 0.1) is 33.8 Å². The number of methoxy groups -OCH3 is 3. The van der Waals surface area contributed by atoms with Gasteiger partial charge in [-0.05, 0) is 41.3 Å². The fourth-order valence-electron chi connectivity index (χ4n) is 2.88. The summed E-state index contributed by atoms with van der Waals surface area (Å²) in [6.45, 7) is 4.17. The standard InChI is InChI=1S/C21H26BrNO4/c1-13(2)21(14-6-8-16(25-3)9-7-14)23-20(24)11-15-10-18(26-4)19(27-5)12-17(15)22/h6-10,12-13,21H,11H2,1-5H3,(H,23,24)/t21-/m1/s1. The van der Waals surface area contributed by atoms with Gasteiger partial charge in [0.25, 0.3) is 0 Å². The predicted molar refractivity (Wildman–Crippen MR) is 110 cm³/mol. The van der Waals surface area contributed by atoms with Crippen molar-refractivity contribution in [1.29, 1.82) is 0 Å². The van der Waals surface area contributed by atoms with Gasteiger partial charge in [-0.1, -0.05) is 41.9 Å². The molecule has 0 aromatic heterocycles. The number of carbonyl (C=O) groups excluding carboxylic acids is 1. The van der Waals surface area contributed by atoms with Gasteiger partial charge in [0.2, 0.25) is 5.91 Å². The molecule has 0 saturated heterocycles. The second kappa shape index (κ2) is 9.65. The van der Waals surface area contributed by atoms with E-state index in [0.29, 0.717) is 11.5 Å². The number of hydrogen-bond acceptors (Lipinski definition) is 4. The van der Waals surface area contributed by atoms with Crippen LogP contribution in [0.2, 0.25) is 0 Å². The molecule has 0 fully saturated rings. The first-order valence-corrected chi connectivity index (χ1v) is 9.52. The minimum atomic E-state index is -0.0812. The summed E-state index contributed by atoms with van der Waals surface area (Å²) in [7, 11) is 4.80. The fourth-order valence-corrected chi connectivity index (χ4v) is 3.34. The van der Waals surface area contributed by atoms with Crippen LogP contribution in [0, 0.1) is 5.92 Å². The highest BCUT2D eigenvalue weighted by Gasteiger charge is 2.20. The summed E-state index contributed by atoms with van der Waals surface area (Å²) in [4.78, 5) is 12.7. The maximum Gasteiger partial charge on any atom is 0.224 e. The number of rotatable bonds is 8. The lowest BCUT2D eigenvalue weighted by molar-refractivity contribution is -0.121. The quantitative estimate of drug-likeness (QED) is 0.661. The van der Waals surface area contributed by atoms with E-state index in [0.717, 1.165) is 21.3 Å². The summed E-state index contributed by atoms with van der Waals surface area (Å²) in [5.74, 6) is 2.20. The van der Waals surface area contributed by atoms with Crippen LogP contribution in [0.5, 0.6) is 17.2 Å². The molecule has 0 unspecified atom stereocenters. The van der Waals surface area contributed by atoms with Gasteiger partial charge in [-0.25, -0.2) is 0 Å². The van der Waals surface area contributed by atoms with Crippen molar-refractivity contribution in [1.82, 2.24) is 5.32 Å². The Morgan fingerprint density at radius 2 is 1.59 bits per heavy atom. The van der Waals surface area contributed by atoms with E-state index < -0.39 is 0 Å². The highest BCUT2D eigenvalue weighted by atomic mass is 79.9. The third-order valence-electron chi connectivity index (χ3n) is 4.36. The van der Waals surface area contributed by atoms with Gasteiger partial charge in [0.1, 0.15) is 5.75 Å². The van der Waals surface area contributed by atoms with E-state index in [-0.39, 0.29) is 24.3 Å². The number of amides is 1. The highest BCUT2D eigenvalue weighted by molar-refractivity contribution is 9.10. The van der Waals surface area contributed by atoms with E-state index in [1.807, 2.05) is 36.4 Å². The van der Waals surface area contributed by atoms with E-state index in [2.05, 4.69) is 35.1 Å². The summed E-state index contributed by atoms with van der Waals surface area (Å²) >= 11 is 3.51. The van der Waals surface area contributed by atoms with Crippen LogP contribution < -0.4 is 19.5 Å². The molecular weight excluding hydrogens is 410 g/mol. The number of carbonyl (C=O) groups is 1. The lowest BCUT2D eigenvalue weighted by atomic mass is 9.95. The Balaban J connectivity index is 2.16. The molecule has 2 aromatic rings. The highest BCUT2D eigenvalue weighted by Crippen LogP contribution is 2.33. The Bertz CT molecular complexity index is 774. The van der Waals surface area contributed by atoms with E-state index in [9.17, 15) is 4.79 Å². The third-order valence-corrected chi connectivity index (χ3v) is 5.10. The fraction of sp³-hybridized carbons (Fsp3) is 0.381. The van der Waals surface area contributed by atoms with Crippen molar-refractivity contribution >= 4 is 21.8 Å². The first-order valence-electron chi connectivity index (χ1n) is 8.73. The summed E-state index contributed by atoms with van der Waals surface area (Å²) in [5.41, 5.74) is 1.88. The average molecular weight is 436 g/mol. The molecule has 0 heterocycles. The Hall–Kier alpha value is -2.21. The Kier molecular flexibility index (Phi) is 7.54. The molecule has 1 amide bonds.